The van der Waals surface area contributed by atoms with Crippen LogP contribution in [0.25, 0.3) is 0 Å². The number of rotatable bonds is 3. The van der Waals surface area contributed by atoms with E-state index in [2.05, 4.69) is 30.7 Å². The number of likely N-dealkylation sites (N-methyl/N-ethyl adjacent to an activating group) is 1. The highest BCUT2D eigenvalue weighted by Gasteiger charge is 2.32. The minimum Gasteiger partial charge on any atom is -0.384 e. The molecule has 3 atom stereocenters. The lowest BCUT2D eigenvalue weighted by Crippen LogP contribution is -2.57. The van der Waals surface area contributed by atoms with Crippen LogP contribution in [0.5, 0.6) is 0 Å². The molecule has 0 aromatic heterocycles. The monoisotopic (exact) mass is 262 g/mol. The van der Waals surface area contributed by atoms with Crippen LogP contribution in [0.3, 0.4) is 0 Å². The van der Waals surface area contributed by atoms with E-state index in [4.69, 9.17) is 0 Å². The van der Waals surface area contributed by atoms with Crippen molar-refractivity contribution in [2.24, 2.45) is 0 Å². The quantitative estimate of drug-likeness (QED) is 0.901. The first kappa shape index (κ1) is 14.5. The largest absolute Gasteiger partial charge is 0.384 e. The van der Waals surface area contributed by atoms with Crippen LogP contribution in [-0.4, -0.2) is 53.7 Å². The average molecular weight is 262 g/mol. The Bertz CT molecular complexity index is 392. The molecule has 3 nitrogen and oxygen atoms in total. The Morgan fingerprint density at radius 1 is 1.16 bits per heavy atom. The standard InChI is InChI=1S/C16H26N2O/c1-13-10-18(11-14(2)17(13)4)12-16(3,19)15-8-6-5-7-9-15/h5-9,13-14,19H,10-12H2,1-4H3. The lowest BCUT2D eigenvalue weighted by Gasteiger charge is -2.44. The van der Waals surface area contributed by atoms with Crippen LogP contribution >= 0.6 is 0 Å². The summed E-state index contributed by atoms with van der Waals surface area (Å²) in [5.41, 5.74) is 0.214. The van der Waals surface area contributed by atoms with Crippen LogP contribution in [0.1, 0.15) is 26.3 Å². The number of aliphatic hydroxyl groups is 1. The SMILES string of the molecule is CC1CN(CC(C)(O)c2ccccc2)CC(C)N1C. The van der Waals surface area contributed by atoms with Crippen LogP contribution in [-0.2, 0) is 5.60 Å². The second-order valence-corrected chi connectivity index (χ2v) is 6.20. The van der Waals surface area contributed by atoms with Gasteiger partial charge in [0.1, 0.15) is 0 Å². The highest BCUT2D eigenvalue weighted by atomic mass is 16.3. The average Bonchev–Trinajstić information content (AvgIpc) is 2.36. The Kier molecular flexibility index (Phi) is 4.29. The van der Waals surface area contributed by atoms with Gasteiger partial charge >= 0.3 is 0 Å². The molecule has 106 valence electrons. The maximum Gasteiger partial charge on any atom is 0.0994 e. The van der Waals surface area contributed by atoms with Crippen LogP contribution in [0, 0.1) is 0 Å². The van der Waals surface area contributed by atoms with Crippen molar-refractivity contribution in [2.45, 2.75) is 38.5 Å². The number of piperazine rings is 1. The molecule has 1 saturated heterocycles. The zero-order chi connectivity index (χ0) is 14.0. The van der Waals surface area contributed by atoms with Gasteiger partial charge in [-0.1, -0.05) is 30.3 Å². The number of β-amino-alcohol motifs (C(OH)–C–C–N with tert-alkyl or cyclic N) is 1. The molecule has 0 bridgehead atoms. The zero-order valence-electron chi connectivity index (χ0n) is 12.5. The maximum atomic E-state index is 10.7. The molecular weight excluding hydrogens is 236 g/mol. The van der Waals surface area contributed by atoms with Crippen molar-refractivity contribution in [3.63, 3.8) is 0 Å². The summed E-state index contributed by atoms with van der Waals surface area (Å²) in [5.74, 6) is 0. The van der Waals surface area contributed by atoms with Gasteiger partial charge in [0.05, 0.1) is 5.60 Å². The van der Waals surface area contributed by atoms with Gasteiger partial charge in [0.2, 0.25) is 0 Å². The summed E-state index contributed by atoms with van der Waals surface area (Å²) in [6.07, 6.45) is 0. The molecule has 0 spiro atoms. The lowest BCUT2D eigenvalue weighted by molar-refractivity contribution is -0.0200. The summed E-state index contributed by atoms with van der Waals surface area (Å²) in [5, 5.41) is 10.7. The molecule has 1 N–H and O–H groups in total. The first-order valence-electron chi connectivity index (χ1n) is 7.12. The van der Waals surface area contributed by atoms with E-state index >= 15 is 0 Å². The van der Waals surface area contributed by atoms with E-state index in [1.54, 1.807) is 0 Å². The lowest BCUT2D eigenvalue weighted by atomic mass is 9.94. The minimum atomic E-state index is -0.781. The van der Waals surface area contributed by atoms with Gasteiger partial charge in [0.25, 0.3) is 0 Å². The molecule has 0 amide bonds. The fourth-order valence-electron chi connectivity index (χ4n) is 2.97. The first-order valence-corrected chi connectivity index (χ1v) is 7.12. The highest BCUT2D eigenvalue weighted by Crippen LogP contribution is 2.24. The van der Waals surface area contributed by atoms with Gasteiger partial charge in [-0.05, 0) is 33.4 Å². The third-order valence-corrected chi connectivity index (χ3v) is 4.36. The molecular formula is C16H26N2O. The molecule has 1 fully saturated rings. The van der Waals surface area contributed by atoms with Crippen molar-refractivity contribution in [1.82, 2.24) is 9.80 Å². The predicted molar refractivity (Wildman–Crippen MR) is 79.1 cm³/mol. The molecule has 1 aliphatic rings. The second-order valence-electron chi connectivity index (χ2n) is 6.20. The summed E-state index contributed by atoms with van der Waals surface area (Å²) in [7, 11) is 2.18. The number of hydrogen-bond acceptors (Lipinski definition) is 3. The van der Waals surface area contributed by atoms with Crippen LogP contribution in [0.4, 0.5) is 0 Å². The Labute approximate surface area is 116 Å². The second kappa shape index (κ2) is 5.61. The molecule has 19 heavy (non-hydrogen) atoms. The van der Waals surface area contributed by atoms with Gasteiger partial charge in [-0.3, -0.25) is 9.80 Å². The van der Waals surface area contributed by atoms with Crippen LogP contribution in [0.2, 0.25) is 0 Å². The molecule has 1 heterocycles. The first-order chi connectivity index (χ1) is 8.90. The maximum absolute atomic E-state index is 10.7. The van der Waals surface area contributed by atoms with Gasteiger partial charge in [0, 0.05) is 31.7 Å². The highest BCUT2D eigenvalue weighted by molar-refractivity contribution is 5.21. The number of benzene rings is 1. The van der Waals surface area contributed by atoms with Gasteiger partial charge in [-0.15, -0.1) is 0 Å². The summed E-state index contributed by atoms with van der Waals surface area (Å²) in [6.45, 7) is 9.14. The number of nitrogens with zero attached hydrogens (tertiary/aromatic N) is 2. The number of hydrogen-bond donors (Lipinski definition) is 1. The Morgan fingerprint density at radius 3 is 2.21 bits per heavy atom. The van der Waals surface area contributed by atoms with Crippen LogP contribution in [0.15, 0.2) is 30.3 Å². The molecule has 1 aliphatic heterocycles. The molecule has 1 aromatic rings. The summed E-state index contributed by atoms with van der Waals surface area (Å²) >= 11 is 0. The van der Waals surface area contributed by atoms with Gasteiger partial charge in [0.15, 0.2) is 0 Å². The Balaban J connectivity index is 2.05. The van der Waals surface area contributed by atoms with E-state index in [1.165, 1.54) is 0 Å². The third-order valence-electron chi connectivity index (χ3n) is 4.36. The Morgan fingerprint density at radius 2 is 1.68 bits per heavy atom. The fourth-order valence-corrected chi connectivity index (χ4v) is 2.97. The molecule has 2 rings (SSSR count). The molecule has 3 heteroatoms. The molecule has 0 aliphatic carbocycles. The van der Waals surface area contributed by atoms with E-state index in [0.717, 1.165) is 18.7 Å². The Hall–Kier alpha value is -0.900. The van der Waals surface area contributed by atoms with Crippen LogP contribution < -0.4 is 0 Å². The normalized spacial score (nSPS) is 29.1. The zero-order valence-corrected chi connectivity index (χ0v) is 12.5. The van der Waals surface area contributed by atoms with Gasteiger partial charge < -0.3 is 5.11 Å². The van der Waals surface area contributed by atoms with Crippen molar-refractivity contribution in [3.8, 4) is 0 Å². The van der Waals surface area contributed by atoms with Crippen molar-refractivity contribution in [1.29, 1.82) is 0 Å². The van der Waals surface area contributed by atoms with Crippen molar-refractivity contribution in [2.75, 3.05) is 26.7 Å². The topological polar surface area (TPSA) is 26.7 Å². The van der Waals surface area contributed by atoms with E-state index < -0.39 is 5.60 Å². The van der Waals surface area contributed by atoms with E-state index in [1.807, 2.05) is 37.3 Å². The van der Waals surface area contributed by atoms with Crippen molar-refractivity contribution >= 4 is 0 Å². The summed E-state index contributed by atoms with van der Waals surface area (Å²) < 4.78 is 0. The van der Waals surface area contributed by atoms with Crippen molar-refractivity contribution < 1.29 is 5.11 Å². The van der Waals surface area contributed by atoms with Gasteiger partial charge in [-0.25, -0.2) is 0 Å². The van der Waals surface area contributed by atoms with E-state index in [0.29, 0.717) is 18.6 Å². The van der Waals surface area contributed by atoms with Crippen molar-refractivity contribution in [3.05, 3.63) is 35.9 Å². The third kappa shape index (κ3) is 3.35. The molecule has 0 radical (unpaired) electrons. The molecule has 0 saturated carbocycles. The predicted octanol–water partition coefficient (Wildman–Crippen LogP) is 1.92. The molecule has 1 aromatic carbocycles. The van der Waals surface area contributed by atoms with E-state index in [-0.39, 0.29) is 0 Å². The smallest absolute Gasteiger partial charge is 0.0994 e. The minimum absolute atomic E-state index is 0.537. The fraction of sp³-hybridized carbons (Fsp3) is 0.625. The van der Waals surface area contributed by atoms with E-state index in [9.17, 15) is 5.11 Å². The summed E-state index contributed by atoms with van der Waals surface area (Å²) in [4.78, 5) is 4.79. The molecule has 3 unspecified atom stereocenters. The van der Waals surface area contributed by atoms with Gasteiger partial charge in [-0.2, -0.15) is 0 Å². The summed E-state index contributed by atoms with van der Waals surface area (Å²) in [6, 6.07) is 11.0.